The van der Waals surface area contributed by atoms with Crippen molar-refractivity contribution in [3.63, 3.8) is 0 Å². The Morgan fingerprint density at radius 2 is 2.04 bits per heavy atom. The topological polar surface area (TPSA) is 75.7 Å². The molecule has 144 valence electrons. The molecule has 1 amide bonds. The molecule has 0 fully saturated rings. The number of nitrogens with one attached hydrogen (secondary N) is 1. The molecule has 8 heteroatoms. The second-order valence-corrected chi connectivity index (χ2v) is 8.87. The summed E-state index contributed by atoms with van der Waals surface area (Å²) >= 11 is 3.37. The predicted octanol–water partition coefficient (Wildman–Crippen LogP) is 3.87. The Kier molecular flexibility index (Phi) is 5.48. The third-order valence-corrected chi connectivity index (χ3v) is 6.84. The Balaban J connectivity index is 2.03. The van der Waals surface area contributed by atoms with E-state index in [1.807, 2.05) is 13.0 Å². The smallest absolute Gasteiger partial charge is 0.263 e. The van der Waals surface area contributed by atoms with Crippen LogP contribution in [0.3, 0.4) is 0 Å². The van der Waals surface area contributed by atoms with Crippen LogP contribution in [0.15, 0.2) is 39.7 Å². The van der Waals surface area contributed by atoms with Gasteiger partial charge in [-0.25, -0.2) is 8.42 Å². The molecular formula is C19H21BrN2O4S. The van der Waals surface area contributed by atoms with Crippen molar-refractivity contribution in [2.75, 3.05) is 23.3 Å². The molecule has 1 aliphatic rings. The fraction of sp³-hybridized carbons (Fsp3) is 0.316. The lowest BCUT2D eigenvalue weighted by molar-refractivity contribution is -0.118. The molecule has 3 rings (SSSR count). The van der Waals surface area contributed by atoms with Crippen molar-refractivity contribution in [3.05, 3.63) is 45.9 Å². The molecule has 2 aromatic carbocycles. The number of carbonyl (C=O) groups excluding carboxylic acids is 1. The molecule has 2 aromatic rings. The minimum absolute atomic E-state index is 0.0206. The number of amides is 1. The molecule has 1 aliphatic heterocycles. The summed E-state index contributed by atoms with van der Waals surface area (Å²) in [5.41, 5.74) is 2.88. The first-order valence-electron chi connectivity index (χ1n) is 8.57. The zero-order chi connectivity index (χ0) is 19.8. The van der Waals surface area contributed by atoms with Crippen LogP contribution in [0.25, 0.3) is 0 Å². The average molecular weight is 453 g/mol. The van der Waals surface area contributed by atoms with Crippen LogP contribution in [-0.4, -0.2) is 28.0 Å². The van der Waals surface area contributed by atoms with Gasteiger partial charge in [0.25, 0.3) is 10.0 Å². The quantitative estimate of drug-likeness (QED) is 0.746. The number of rotatable bonds is 5. The molecule has 6 nitrogen and oxygen atoms in total. The van der Waals surface area contributed by atoms with E-state index in [1.54, 1.807) is 36.1 Å². The van der Waals surface area contributed by atoms with Gasteiger partial charge in [0.05, 0.1) is 12.8 Å². The molecule has 0 saturated heterocycles. The van der Waals surface area contributed by atoms with Crippen molar-refractivity contribution in [3.8, 4) is 5.75 Å². The minimum atomic E-state index is -3.89. The molecule has 0 unspecified atom stereocenters. The van der Waals surface area contributed by atoms with Gasteiger partial charge in [0, 0.05) is 23.1 Å². The number of halogens is 1. The van der Waals surface area contributed by atoms with E-state index in [0.29, 0.717) is 41.0 Å². The first kappa shape index (κ1) is 19.7. The van der Waals surface area contributed by atoms with Crippen molar-refractivity contribution < 1.29 is 17.9 Å². The van der Waals surface area contributed by atoms with Gasteiger partial charge in [-0.05, 0) is 64.7 Å². The Morgan fingerprint density at radius 1 is 1.30 bits per heavy atom. The number of carbonyl (C=O) groups is 1. The molecule has 0 saturated carbocycles. The second kappa shape index (κ2) is 7.52. The Bertz CT molecular complexity index is 1010. The molecule has 0 radical (unpaired) electrons. The highest BCUT2D eigenvalue weighted by atomic mass is 79.9. The van der Waals surface area contributed by atoms with Crippen LogP contribution in [-0.2, 0) is 21.2 Å². The van der Waals surface area contributed by atoms with E-state index >= 15 is 0 Å². The number of nitrogens with zero attached hydrogens (tertiary/aromatic N) is 1. The van der Waals surface area contributed by atoms with Crippen molar-refractivity contribution in [1.29, 1.82) is 0 Å². The summed E-state index contributed by atoms with van der Waals surface area (Å²) in [6, 6.07) is 8.61. The number of sulfonamides is 1. The van der Waals surface area contributed by atoms with Gasteiger partial charge in [0.1, 0.15) is 10.6 Å². The first-order chi connectivity index (χ1) is 12.8. The third-order valence-electron chi connectivity index (χ3n) is 4.52. The van der Waals surface area contributed by atoms with Gasteiger partial charge in [0.15, 0.2) is 0 Å². The van der Waals surface area contributed by atoms with Crippen LogP contribution in [0.1, 0.15) is 24.5 Å². The monoisotopic (exact) mass is 452 g/mol. The van der Waals surface area contributed by atoms with E-state index in [0.717, 1.165) is 11.1 Å². The Hall–Kier alpha value is -2.06. The lowest BCUT2D eigenvalue weighted by atomic mass is 10.2. The number of aryl methyl sites for hydroxylation is 1. The summed E-state index contributed by atoms with van der Waals surface area (Å²) in [4.78, 5) is 13.9. The van der Waals surface area contributed by atoms with Gasteiger partial charge in [-0.15, -0.1) is 0 Å². The largest absolute Gasteiger partial charge is 0.495 e. The van der Waals surface area contributed by atoms with Crippen LogP contribution in [0.4, 0.5) is 11.4 Å². The van der Waals surface area contributed by atoms with Crippen molar-refractivity contribution >= 4 is 43.2 Å². The first-order valence-corrected chi connectivity index (χ1v) is 10.8. The van der Waals surface area contributed by atoms with E-state index in [4.69, 9.17) is 4.74 Å². The summed E-state index contributed by atoms with van der Waals surface area (Å²) in [7, 11) is -2.40. The molecule has 1 N–H and O–H groups in total. The molecular weight excluding hydrogens is 432 g/mol. The molecule has 0 aliphatic carbocycles. The van der Waals surface area contributed by atoms with Crippen LogP contribution in [0.5, 0.6) is 5.75 Å². The zero-order valence-corrected chi connectivity index (χ0v) is 17.8. The molecule has 1 heterocycles. The van der Waals surface area contributed by atoms with Crippen LogP contribution in [0, 0.1) is 6.92 Å². The lowest BCUT2D eigenvalue weighted by Crippen LogP contribution is -2.28. The van der Waals surface area contributed by atoms with Gasteiger partial charge in [0.2, 0.25) is 5.91 Å². The summed E-state index contributed by atoms with van der Waals surface area (Å²) < 4.78 is 34.4. The summed E-state index contributed by atoms with van der Waals surface area (Å²) in [6.45, 7) is 4.23. The molecule has 0 aromatic heterocycles. The zero-order valence-electron chi connectivity index (χ0n) is 15.4. The predicted molar refractivity (Wildman–Crippen MR) is 109 cm³/mol. The highest BCUT2D eigenvalue weighted by Crippen LogP contribution is 2.37. The lowest BCUT2D eigenvalue weighted by Gasteiger charge is -2.18. The Labute approximate surface area is 167 Å². The van der Waals surface area contributed by atoms with Crippen molar-refractivity contribution in [2.45, 2.75) is 31.6 Å². The summed E-state index contributed by atoms with van der Waals surface area (Å²) in [5, 5.41) is 0. The van der Waals surface area contributed by atoms with Gasteiger partial charge < -0.3 is 9.64 Å². The SMILES string of the molecule is CCC(=O)N1CCc2cc(Br)c(S(=O)(=O)Nc3cc(C)ccc3OC)cc21. The van der Waals surface area contributed by atoms with E-state index in [2.05, 4.69) is 20.7 Å². The fourth-order valence-corrected chi connectivity index (χ4v) is 5.32. The molecule has 0 spiro atoms. The number of fused-ring (bicyclic) bond motifs is 1. The van der Waals surface area contributed by atoms with E-state index in [-0.39, 0.29) is 10.8 Å². The van der Waals surface area contributed by atoms with Crippen LogP contribution >= 0.6 is 15.9 Å². The second-order valence-electron chi connectivity index (χ2n) is 6.37. The van der Waals surface area contributed by atoms with Crippen molar-refractivity contribution in [2.24, 2.45) is 0 Å². The van der Waals surface area contributed by atoms with E-state index < -0.39 is 10.0 Å². The molecule has 0 bridgehead atoms. The van der Waals surface area contributed by atoms with Crippen LogP contribution in [0.2, 0.25) is 0 Å². The number of anilines is 2. The van der Waals surface area contributed by atoms with Gasteiger partial charge >= 0.3 is 0 Å². The number of hydrogen-bond donors (Lipinski definition) is 1. The summed E-state index contributed by atoms with van der Waals surface area (Å²) in [6.07, 6.45) is 1.08. The van der Waals surface area contributed by atoms with Crippen LogP contribution < -0.4 is 14.4 Å². The Morgan fingerprint density at radius 3 is 2.70 bits per heavy atom. The van der Waals surface area contributed by atoms with E-state index in [9.17, 15) is 13.2 Å². The normalized spacial score (nSPS) is 13.4. The highest BCUT2D eigenvalue weighted by molar-refractivity contribution is 9.10. The standard InChI is InChI=1S/C19H21BrN2O4S/c1-4-19(23)22-8-7-13-10-14(20)18(11-16(13)22)27(24,25)21-15-9-12(2)5-6-17(15)26-3/h5-6,9-11,21H,4,7-8H2,1-3H3. The maximum Gasteiger partial charge on any atom is 0.263 e. The maximum absolute atomic E-state index is 13.0. The number of methoxy groups -OCH3 is 1. The van der Waals surface area contributed by atoms with Gasteiger partial charge in [-0.2, -0.15) is 0 Å². The molecule has 27 heavy (non-hydrogen) atoms. The number of hydrogen-bond acceptors (Lipinski definition) is 4. The summed E-state index contributed by atoms with van der Waals surface area (Å²) in [5.74, 6) is 0.414. The van der Waals surface area contributed by atoms with E-state index in [1.165, 1.54) is 7.11 Å². The van der Waals surface area contributed by atoms with Gasteiger partial charge in [-0.3, -0.25) is 9.52 Å². The number of benzene rings is 2. The fourth-order valence-electron chi connectivity index (χ4n) is 3.15. The third kappa shape index (κ3) is 3.82. The average Bonchev–Trinajstić information content (AvgIpc) is 3.02. The van der Waals surface area contributed by atoms with Gasteiger partial charge in [-0.1, -0.05) is 13.0 Å². The highest BCUT2D eigenvalue weighted by Gasteiger charge is 2.28. The van der Waals surface area contributed by atoms with Crippen molar-refractivity contribution in [1.82, 2.24) is 0 Å². The maximum atomic E-state index is 13.0. The number of ether oxygens (including phenoxy) is 1. The molecule has 0 atom stereocenters. The minimum Gasteiger partial charge on any atom is -0.495 e.